The SMILES string of the molecule is CC1CN(CC(O)CN(C)Cc2ccc(F)cc2)CC(C)O1. The molecule has 3 atom stereocenters. The first-order chi connectivity index (χ1) is 10.4. The number of hydrogen-bond acceptors (Lipinski definition) is 4. The number of hydrogen-bond donors (Lipinski definition) is 1. The maximum Gasteiger partial charge on any atom is 0.123 e. The van der Waals surface area contributed by atoms with E-state index in [1.54, 1.807) is 12.1 Å². The molecule has 0 spiro atoms. The van der Waals surface area contributed by atoms with Crippen LogP contribution in [0.4, 0.5) is 4.39 Å². The van der Waals surface area contributed by atoms with Gasteiger partial charge in [0.15, 0.2) is 0 Å². The number of β-amino-alcohol motifs (C(OH)–C–C–N with tert-alkyl or cyclic N) is 1. The first kappa shape index (κ1) is 17.3. The largest absolute Gasteiger partial charge is 0.390 e. The number of halogens is 1. The lowest BCUT2D eigenvalue weighted by Gasteiger charge is -2.36. The van der Waals surface area contributed by atoms with Gasteiger partial charge in [-0.1, -0.05) is 12.1 Å². The van der Waals surface area contributed by atoms with Crippen LogP contribution in [0.1, 0.15) is 19.4 Å². The number of rotatable bonds is 6. The third kappa shape index (κ3) is 5.65. The Morgan fingerprint density at radius 3 is 2.45 bits per heavy atom. The molecule has 0 radical (unpaired) electrons. The second kappa shape index (κ2) is 8.02. The summed E-state index contributed by atoms with van der Waals surface area (Å²) in [4.78, 5) is 4.32. The summed E-state index contributed by atoms with van der Waals surface area (Å²) >= 11 is 0. The Kier molecular flexibility index (Phi) is 6.32. The minimum Gasteiger partial charge on any atom is -0.390 e. The van der Waals surface area contributed by atoms with Crippen LogP contribution in [-0.4, -0.2) is 66.4 Å². The van der Waals surface area contributed by atoms with Crippen LogP contribution in [0.3, 0.4) is 0 Å². The molecule has 3 unspecified atom stereocenters. The smallest absolute Gasteiger partial charge is 0.123 e. The molecule has 124 valence electrons. The standard InChI is InChI=1S/C17H27FN2O2/c1-13-8-20(9-14(2)22-13)12-17(21)11-19(3)10-15-4-6-16(18)7-5-15/h4-7,13-14,17,21H,8-12H2,1-3H3. The van der Waals surface area contributed by atoms with E-state index in [1.165, 1.54) is 12.1 Å². The third-order valence-electron chi connectivity index (χ3n) is 3.85. The van der Waals surface area contributed by atoms with Gasteiger partial charge in [-0.15, -0.1) is 0 Å². The molecule has 0 aromatic heterocycles. The van der Waals surface area contributed by atoms with Crippen LogP contribution in [0.25, 0.3) is 0 Å². The van der Waals surface area contributed by atoms with Crippen LogP contribution in [0.2, 0.25) is 0 Å². The molecule has 2 rings (SSSR count). The molecule has 1 N–H and O–H groups in total. The summed E-state index contributed by atoms with van der Waals surface area (Å²) < 4.78 is 18.6. The van der Waals surface area contributed by atoms with Crippen LogP contribution in [0.15, 0.2) is 24.3 Å². The van der Waals surface area contributed by atoms with Crippen LogP contribution in [0.5, 0.6) is 0 Å². The van der Waals surface area contributed by atoms with Crippen molar-refractivity contribution in [2.24, 2.45) is 0 Å². The highest BCUT2D eigenvalue weighted by molar-refractivity contribution is 5.15. The second-order valence-corrected chi connectivity index (χ2v) is 6.45. The Morgan fingerprint density at radius 1 is 1.27 bits per heavy atom. The Labute approximate surface area is 132 Å². The fraction of sp³-hybridized carbons (Fsp3) is 0.647. The van der Waals surface area contributed by atoms with E-state index in [-0.39, 0.29) is 18.0 Å². The number of morpholine rings is 1. The molecule has 0 saturated carbocycles. The summed E-state index contributed by atoms with van der Waals surface area (Å²) in [5.41, 5.74) is 1.05. The number of likely N-dealkylation sites (N-methyl/N-ethyl adjacent to an activating group) is 1. The zero-order valence-electron chi connectivity index (χ0n) is 13.7. The lowest BCUT2D eigenvalue weighted by molar-refractivity contribution is -0.0777. The second-order valence-electron chi connectivity index (χ2n) is 6.45. The van der Waals surface area contributed by atoms with Crippen molar-refractivity contribution in [2.75, 3.05) is 33.2 Å². The minimum atomic E-state index is -0.400. The topological polar surface area (TPSA) is 35.9 Å². The van der Waals surface area contributed by atoms with Gasteiger partial charge in [0, 0.05) is 32.7 Å². The summed E-state index contributed by atoms with van der Waals surface area (Å²) in [5, 5.41) is 10.3. The van der Waals surface area contributed by atoms with E-state index >= 15 is 0 Å². The molecule has 0 bridgehead atoms. The molecule has 1 aromatic rings. The number of benzene rings is 1. The average molecular weight is 310 g/mol. The van der Waals surface area contributed by atoms with Crippen molar-refractivity contribution >= 4 is 0 Å². The van der Waals surface area contributed by atoms with Crippen LogP contribution in [0, 0.1) is 5.82 Å². The molecule has 1 aliphatic heterocycles. The molecular formula is C17H27FN2O2. The molecule has 1 aromatic carbocycles. The molecule has 4 nitrogen and oxygen atoms in total. The third-order valence-corrected chi connectivity index (χ3v) is 3.85. The Balaban J connectivity index is 1.76. The molecule has 1 heterocycles. The number of ether oxygens (including phenoxy) is 1. The van der Waals surface area contributed by atoms with Crippen LogP contribution in [-0.2, 0) is 11.3 Å². The van der Waals surface area contributed by atoms with Gasteiger partial charge in [-0.3, -0.25) is 9.80 Å². The lowest BCUT2D eigenvalue weighted by atomic mass is 10.2. The molecule has 0 amide bonds. The van der Waals surface area contributed by atoms with E-state index in [2.05, 4.69) is 23.6 Å². The monoisotopic (exact) mass is 310 g/mol. The maximum absolute atomic E-state index is 12.9. The van der Waals surface area contributed by atoms with Gasteiger partial charge in [0.25, 0.3) is 0 Å². The summed E-state index contributed by atoms with van der Waals surface area (Å²) in [7, 11) is 1.97. The van der Waals surface area contributed by atoms with E-state index in [4.69, 9.17) is 4.74 Å². The average Bonchev–Trinajstić information content (AvgIpc) is 2.39. The number of nitrogens with zero attached hydrogens (tertiary/aromatic N) is 2. The Bertz CT molecular complexity index is 444. The molecule has 22 heavy (non-hydrogen) atoms. The van der Waals surface area contributed by atoms with Crippen molar-refractivity contribution in [1.29, 1.82) is 0 Å². The van der Waals surface area contributed by atoms with Crippen LogP contribution < -0.4 is 0 Å². The van der Waals surface area contributed by atoms with Crippen molar-refractivity contribution < 1.29 is 14.2 Å². The number of aliphatic hydroxyl groups excluding tert-OH is 1. The molecular weight excluding hydrogens is 283 g/mol. The van der Waals surface area contributed by atoms with Gasteiger partial charge in [-0.2, -0.15) is 0 Å². The zero-order valence-corrected chi connectivity index (χ0v) is 13.7. The van der Waals surface area contributed by atoms with Crippen molar-refractivity contribution in [2.45, 2.75) is 38.7 Å². The minimum absolute atomic E-state index is 0.216. The summed E-state index contributed by atoms with van der Waals surface area (Å²) in [5.74, 6) is -0.220. The van der Waals surface area contributed by atoms with E-state index in [0.717, 1.165) is 18.7 Å². The summed E-state index contributed by atoms with van der Waals surface area (Å²) in [6.45, 7) is 7.81. The van der Waals surface area contributed by atoms with Gasteiger partial charge in [0.05, 0.1) is 18.3 Å². The Morgan fingerprint density at radius 2 is 1.86 bits per heavy atom. The Hall–Kier alpha value is -1.01. The van der Waals surface area contributed by atoms with Gasteiger partial charge < -0.3 is 9.84 Å². The molecule has 5 heteroatoms. The molecule has 0 aliphatic carbocycles. The molecule has 1 aliphatic rings. The zero-order chi connectivity index (χ0) is 16.1. The van der Waals surface area contributed by atoms with Gasteiger partial charge >= 0.3 is 0 Å². The first-order valence-electron chi connectivity index (χ1n) is 7.91. The fourth-order valence-corrected chi connectivity index (χ4v) is 3.12. The van der Waals surface area contributed by atoms with E-state index in [9.17, 15) is 9.50 Å². The summed E-state index contributed by atoms with van der Waals surface area (Å²) in [6, 6.07) is 6.50. The van der Waals surface area contributed by atoms with Crippen molar-refractivity contribution in [3.05, 3.63) is 35.6 Å². The van der Waals surface area contributed by atoms with E-state index in [1.807, 2.05) is 7.05 Å². The fourth-order valence-electron chi connectivity index (χ4n) is 3.12. The maximum atomic E-state index is 12.9. The van der Waals surface area contributed by atoms with Crippen molar-refractivity contribution in [1.82, 2.24) is 9.80 Å². The van der Waals surface area contributed by atoms with E-state index in [0.29, 0.717) is 19.6 Å². The van der Waals surface area contributed by atoms with Gasteiger partial charge in [0.2, 0.25) is 0 Å². The van der Waals surface area contributed by atoms with Gasteiger partial charge in [0.1, 0.15) is 5.82 Å². The predicted molar refractivity (Wildman–Crippen MR) is 85.2 cm³/mol. The van der Waals surface area contributed by atoms with Gasteiger partial charge in [-0.25, -0.2) is 4.39 Å². The van der Waals surface area contributed by atoms with Crippen molar-refractivity contribution in [3.63, 3.8) is 0 Å². The quantitative estimate of drug-likeness (QED) is 0.868. The van der Waals surface area contributed by atoms with E-state index < -0.39 is 6.10 Å². The number of aliphatic hydroxyl groups is 1. The highest BCUT2D eigenvalue weighted by Gasteiger charge is 2.24. The molecule has 1 saturated heterocycles. The highest BCUT2D eigenvalue weighted by Crippen LogP contribution is 2.11. The van der Waals surface area contributed by atoms with Crippen LogP contribution >= 0.6 is 0 Å². The van der Waals surface area contributed by atoms with Gasteiger partial charge in [-0.05, 0) is 38.6 Å². The molecule has 1 fully saturated rings. The summed E-state index contributed by atoms with van der Waals surface area (Å²) in [6.07, 6.45) is 0.0312. The predicted octanol–water partition coefficient (Wildman–Crippen LogP) is 1.73. The van der Waals surface area contributed by atoms with Crippen molar-refractivity contribution in [3.8, 4) is 0 Å². The normalized spacial score (nSPS) is 24.6. The first-order valence-corrected chi connectivity index (χ1v) is 7.91. The lowest BCUT2D eigenvalue weighted by Crippen LogP contribution is -2.49. The highest BCUT2D eigenvalue weighted by atomic mass is 19.1.